The molecular weight excluding hydrogens is 1090 g/mol. The van der Waals surface area contributed by atoms with Crippen LogP contribution in [0.5, 0.6) is 0 Å². The van der Waals surface area contributed by atoms with E-state index < -0.39 is 49.5 Å². The van der Waals surface area contributed by atoms with Gasteiger partial charge in [0.2, 0.25) is 5.91 Å². The van der Waals surface area contributed by atoms with Gasteiger partial charge >= 0.3 is 5.97 Å². The van der Waals surface area contributed by atoms with Crippen molar-refractivity contribution < 1.29 is 49.3 Å². The highest BCUT2D eigenvalue weighted by Gasteiger charge is 2.44. The molecule has 1 saturated heterocycles. The van der Waals surface area contributed by atoms with Gasteiger partial charge in [-0.2, -0.15) is 0 Å². The normalized spacial score (nSPS) is 18.2. The molecule has 0 aromatic heterocycles. The maximum Gasteiger partial charge on any atom is 0.305 e. The first kappa shape index (κ1) is 82.4. The molecule has 0 radical (unpaired) electrons. The Bertz CT molecular complexity index is 1630. The number of carbonyl (C=O) groups is 2. The lowest BCUT2D eigenvalue weighted by molar-refractivity contribution is -0.302. The minimum atomic E-state index is -1.58. The number of hydrogen-bond acceptors (Lipinski definition) is 10. The number of aliphatic hydroxyl groups is 5. The number of nitrogens with one attached hydrogen (secondary N) is 1. The molecule has 0 spiro atoms. The Hall–Kier alpha value is -2.64. The molecule has 0 aliphatic carbocycles. The second-order valence-electron chi connectivity index (χ2n) is 25.6. The van der Waals surface area contributed by atoms with Gasteiger partial charge in [0.25, 0.3) is 0 Å². The molecule has 1 fully saturated rings. The van der Waals surface area contributed by atoms with Gasteiger partial charge in [-0.1, -0.05) is 299 Å². The third-order valence-electron chi connectivity index (χ3n) is 17.3. The minimum absolute atomic E-state index is 0.00141. The molecule has 1 aliphatic heterocycles. The lowest BCUT2D eigenvalue weighted by Crippen LogP contribution is -2.60. The number of allylic oxidation sites excluding steroid dienone is 9. The Labute approximate surface area is 535 Å². The smallest absolute Gasteiger partial charge is 0.305 e. The predicted octanol–water partition coefficient (Wildman–Crippen LogP) is 19.3. The van der Waals surface area contributed by atoms with E-state index in [-0.39, 0.29) is 18.5 Å². The topological polar surface area (TPSA) is 175 Å². The number of hydrogen-bond donors (Lipinski definition) is 6. The van der Waals surface area contributed by atoms with E-state index in [2.05, 4.69) is 67.8 Å². The highest BCUT2D eigenvalue weighted by Crippen LogP contribution is 2.23. The third-order valence-corrected chi connectivity index (χ3v) is 17.3. The van der Waals surface area contributed by atoms with Crippen molar-refractivity contribution in [3.8, 4) is 0 Å². The number of carbonyl (C=O) groups excluding carboxylic acids is 2. The van der Waals surface area contributed by atoms with Crippen LogP contribution in [0, 0.1) is 0 Å². The summed E-state index contributed by atoms with van der Waals surface area (Å²) >= 11 is 0. The SMILES string of the molecule is CCCC/C=C\CCCCCCCC(=O)OCCCCCCCCCCCCC/C=C\C/C=C\CCCCCCCCCCCCCCCCCCCC(=O)NC(COC1OC(CO)C(O)C(O)C1O)C(O)/C=C/CC/C=C/CCCCCCCCC. The number of esters is 1. The second kappa shape index (κ2) is 64.9. The molecular formula is C76H139NO10. The van der Waals surface area contributed by atoms with Gasteiger partial charge in [0.05, 0.1) is 32.0 Å². The van der Waals surface area contributed by atoms with Crippen molar-refractivity contribution in [1.82, 2.24) is 5.32 Å². The first-order valence-electron chi connectivity index (χ1n) is 37.1. The molecule has 508 valence electrons. The van der Waals surface area contributed by atoms with Crippen molar-refractivity contribution in [2.45, 2.75) is 391 Å². The van der Waals surface area contributed by atoms with E-state index in [1.54, 1.807) is 6.08 Å². The fourth-order valence-electron chi connectivity index (χ4n) is 11.5. The average molecular weight is 1230 g/mol. The molecule has 0 saturated carbocycles. The summed E-state index contributed by atoms with van der Waals surface area (Å²) in [4.78, 5) is 25.1. The zero-order valence-corrected chi connectivity index (χ0v) is 56.5. The lowest BCUT2D eigenvalue weighted by atomic mass is 9.99. The van der Waals surface area contributed by atoms with E-state index in [9.17, 15) is 35.1 Å². The number of ether oxygens (including phenoxy) is 3. The quantitative estimate of drug-likeness (QED) is 0.0195. The summed E-state index contributed by atoms with van der Waals surface area (Å²) in [5.41, 5.74) is 0. The van der Waals surface area contributed by atoms with E-state index >= 15 is 0 Å². The third kappa shape index (κ3) is 53.7. The molecule has 7 unspecified atom stereocenters. The molecule has 0 aromatic carbocycles. The van der Waals surface area contributed by atoms with Crippen LogP contribution in [0.15, 0.2) is 60.8 Å². The highest BCUT2D eigenvalue weighted by atomic mass is 16.7. The van der Waals surface area contributed by atoms with Crippen molar-refractivity contribution in [1.29, 1.82) is 0 Å². The van der Waals surface area contributed by atoms with Gasteiger partial charge in [0.15, 0.2) is 6.29 Å². The summed E-state index contributed by atoms with van der Waals surface area (Å²) in [5.74, 6) is -0.190. The molecule has 1 amide bonds. The van der Waals surface area contributed by atoms with Gasteiger partial charge in [-0.25, -0.2) is 0 Å². The van der Waals surface area contributed by atoms with Gasteiger partial charge in [-0.05, 0) is 96.3 Å². The Morgan fingerprint density at radius 3 is 1.24 bits per heavy atom. The van der Waals surface area contributed by atoms with Crippen LogP contribution in [0.3, 0.4) is 0 Å². The fraction of sp³-hybridized carbons (Fsp3) is 0.842. The molecule has 0 aromatic rings. The molecule has 6 N–H and O–H groups in total. The van der Waals surface area contributed by atoms with Gasteiger partial charge < -0.3 is 45.1 Å². The van der Waals surface area contributed by atoms with Crippen LogP contribution >= 0.6 is 0 Å². The summed E-state index contributed by atoms with van der Waals surface area (Å²) in [6.45, 7) is 4.31. The predicted molar refractivity (Wildman–Crippen MR) is 366 cm³/mol. The summed E-state index contributed by atoms with van der Waals surface area (Å²) in [5, 5.41) is 54.5. The largest absolute Gasteiger partial charge is 0.466 e. The maximum atomic E-state index is 13.1. The van der Waals surface area contributed by atoms with Crippen LogP contribution in [0.4, 0.5) is 0 Å². The zero-order valence-electron chi connectivity index (χ0n) is 56.5. The molecule has 7 atom stereocenters. The van der Waals surface area contributed by atoms with Crippen LogP contribution in [-0.4, -0.2) is 100 Å². The van der Waals surface area contributed by atoms with Gasteiger partial charge in [0.1, 0.15) is 24.4 Å². The number of aliphatic hydroxyl groups excluding tert-OH is 5. The van der Waals surface area contributed by atoms with Crippen LogP contribution in [-0.2, 0) is 23.8 Å². The molecule has 11 nitrogen and oxygen atoms in total. The summed E-state index contributed by atoms with van der Waals surface area (Å²) in [6.07, 6.45) is 76.6. The Balaban J connectivity index is 1.96. The fourth-order valence-corrected chi connectivity index (χ4v) is 11.5. The van der Waals surface area contributed by atoms with Crippen LogP contribution in [0.2, 0.25) is 0 Å². The molecule has 87 heavy (non-hydrogen) atoms. The Morgan fingerprint density at radius 1 is 0.425 bits per heavy atom. The van der Waals surface area contributed by atoms with Crippen molar-refractivity contribution in [3.63, 3.8) is 0 Å². The van der Waals surface area contributed by atoms with Gasteiger partial charge in [-0.3, -0.25) is 9.59 Å². The molecule has 1 rings (SSSR count). The first-order valence-corrected chi connectivity index (χ1v) is 37.1. The van der Waals surface area contributed by atoms with Crippen molar-refractivity contribution >= 4 is 11.9 Å². The van der Waals surface area contributed by atoms with E-state index in [4.69, 9.17) is 14.2 Å². The average Bonchev–Trinajstić information content (AvgIpc) is 1.94. The van der Waals surface area contributed by atoms with Crippen molar-refractivity contribution in [2.75, 3.05) is 19.8 Å². The summed E-state index contributed by atoms with van der Waals surface area (Å²) < 4.78 is 16.7. The number of unbranched alkanes of at least 4 members (excludes halogenated alkanes) is 43. The van der Waals surface area contributed by atoms with Crippen LogP contribution in [0.1, 0.15) is 348 Å². The van der Waals surface area contributed by atoms with E-state index in [0.29, 0.717) is 19.4 Å². The molecule has 1 heterocycles. The molecule has 0 bridgehead atoms. The zero-order chi connectivity index (χ0) is 63.0. The van der Waals surface area contributed by atoms with E-state index in [1.165, 1.54) is 257 Å². The maximum absolute atomic E-state index is 13.1. The summed E-state index contributed by atoms with van der Waals surface area (Å²) in [7, 11) is 0. The number of rotatable bonds is 65. The van der Waals surface area contributed by atoms with Crippen LogP contribution in [0.25, 0.3) is 0 Å². The second-order valence-corrected chi connectivity index (χ2v) is 25.6. The Morgan fingerprint density at radius 2 is 0.793 bits per heavy atom. The van der Waals surface area contributed by atoms with Crippen molar-refractivity contribution in [3.05, 3.63) is 60.8 Å². The van der Waals surface area contributed by atoms with Gasteiger partial charge in [0, 0.05) is 12.8 Å². The Kier molecular flexibility index (Phi) is 61.4. The van der Waals surface area contributed by atoms with Crippen molar-refractivity contribution in [2.24, 2.45) is 0 Å². The molecule has 11 heteroatoms. The van der Waals surface area contributed by atoms with Crippen LogP contribution < -0.4 is 5.32 Å². The minimum Gasteiger partial charge on any atom is -0.466 e. The first-order chi connectivity index (χ1) is 42.7. The molecule has 1 aliphatic rings. The number of amides is 1. The highest BCUT2D eigenvalue weighted by molar-refractivity contribution is 5.76. The standard InChI is InChI=1S/C76H139NO10/c1-3-5-7-9-11-13-15-39-43-46-50-54-58-62-69(79)68(67-86-76-75(84)74(83)73(82)70(66-78)87-76)77-71(80)63-59-55-51-47-44-40-37-35-33-31-29-27-25-23-21-19-17-16-18-20-22-24-26-28-30-32-34-36-38-41-45-49-53-57-61-65-85-72(81)64-60-56-52-48-42-14-12-10-8-6-4-2/h10,12,18,20,24,26,43,46,58,62,68-70,73-76,78-79,82-84H,3-9,11,13-17,19,21-23,25,27-42,44-45,47-57,59-61,63-67H2,1-2H3,(H,77,80)/b12-10-,20-18-,26-24-,46-43+,62-58+. The monoisotopic (exact) mass is 1230 g/mol. The van der Waals surface area contributed by atoms with E-state index in [0.717, 1.165) is 64.2 Å². The van der Waals surface area contributed by atoms with E-state index in [1.807, 2.05) is 6.08 Å². The summed E-state index contributed by atoms with van der Waals surface area (Å²) in [6, 6.07) is -0.827. The lowest BCUT2D eigenvalue weighted by Gasteiger charge is -2.40. The van der Waals surface area contributed by atoms with Gasteiger partial charge in [-0.15, -0.1) is 0 Å².